The van der Waals surface area contributed by atoms with Gasteiger partial charge in [0, 0.05) is 24.1 Å². The minimum Gasteiger partial charge on any atom is -0.474 e. The van der Waals surface area contributed by atoms with Crippen LogP contribution >= 0.6 is 0 Å². The van der Waals surface area contributed by atoms with Crippen LogP contribution in [-0.4, -0.2) is 15.9 Å². The van der Waals surface area contributed by atoms with Gasteiger partial charge >= 0.3 is 0 Å². The summed E-state index contributed by atoms with van der Waals surface area (Å²) in [5.41, 5.74) is 2.28. The quantitative estimate of drug-likeness (QED) is 0.827. The second-order valence-corrected chi connectivity index (χ2v) is 6.61. The van der Waals surface area contributed by atoms with E-state index >= 15 is 0 Å². The van der Waals surface area contributed by atoms with E-state index < -0.39 is 0 Å². The molecule has 0 aliphatic carbocycles. The van der Waals surface area contributed by atoms with Gasteiger partial charge in [-0.05, 0) is 24.0 Å². The highest BCUT2D eigenvalue weighted by Gasteiger charge is 2.30. The van der Waals surface area contributed by atoms with E-state index in [9.17, 15) is 4.39 Å². The van der Waals surface area contributed by atoms with E-state index in [1.54, 1.807) is 12.1 Å². The van der Waals surface area contributed by atoms with Crippen molar-refractivity contribution < 1.29 is 9.13 Å². The van der Waals surface area contributed by atoms with Crippen molar-refractivity contribution in [1.29, 1.82) is 0 Å². The minimum atomic E-state index is -0.236. The number of hydrogen-bond acceptors (Lipinski definition) is 2. The highest BCUT2D eigenvalue weighted by atomic mass is 19.1. The first-order chi connectivity index (χ1) is 10.5. The number of hydrogen-bond donors (Lipinski definition) is 0. The van der Waals surface area contributed by atoms with Gasteiger partial charge < -0.3 is 4.74 Å². The number of ether oxygens (including phenoxy) is 1. The predicted molar refractivity (Wildman–Crippen MR) is 85.6 cm³/mol. The fraction of sp³-hybridized carbons (Fsp3) is 0.500. The molecule has 0 saturated heterocycles. The molecule has 1 aromatic heterocycles. The lowest BCUT2D eigenvalue weighted by molar-refractivity contribution is 0.0923. The fourth-order valence-corrected chi connectivity index (χ4v) is 3.03. The van der Waals surface area contributed by atoms with Gasteiger partial charge in [-0.2, -0.15) is 5.10 Å². The Morgan fingerprint density at radius 1 is 1.23 bits per heavy atom. The number of fused-ring (bicyclic) bond motifs is 1. The third kappa shape index (κ3) is 2.51. The topological polar surface area (TPSA) is 27.1 Å². The van der Waals surface area contributed by atoms with Crippen LogP contribution in [0.5, 0.6) is 5.88 Å². The van der Waals surface area contributed by atoms with Gasteiger partial charge in [-0.1, -0.05) is 39.8 Å². The molecule has 0 saturated carbocycles. The van der Waals surface area contributed by atoms with E-state index in [0.29, 0.717) is 17.2 Å². The Morgan fingerprint density at radius 2 is 1.95 bits per heavy atom. The Bertz CT molecular complexity index is 676. The molecule has 1 aliphatic heterocycles. The highest BCUT2D eigenvalue weighted by molar-refractivity contribution is 5.67. The van der Waals surface area contributed by atoms with Gasteiger partial charge in [0.25, 0.3) is 0 Å². The van der Waals surface area contributed by atoms with Crippen molar-refractivity contribution in [1.82, 2.24) is 9.78 Å². The largest absolute Gasteiger partial charge is 0.474 e. The smallest absolute Gasteiger partial charge is 0.216 e. The summed E-state index contributed by atoms with van der Waals surface area (Å²) in [6.07, 6.45) is 1.15. The van der Waals surface area contributed by atoms with E-state index in [0.717, 1.165) is 24.4 Å². The van der Waals surface area contributed by atoms with Gasteiger partial charge in [0.2, 0.25) is 5.88 Å². The Kier molecular flexibility index (Phi) is 3.94. The van der Waals surface area contributed by atoms with Gasteiger partial charge in [0.15, 0.2) is 0 Å². The van der Waals surface area contributed by atoms with Crippen molar-refractivity contribution in [3.05, 3.63) is 35.6 Å². The molecular formula is C18H23FN2O. The molecule has 2 aromatic rings. The highest BCUT2D eigenvalue weighted by Crippen LogP contribution is 2.40. The van der Waals surface area contributed by atoms with Gasteiger partial charge in [-0.15, -0.1) is 0 Å². The maximum Gasteiger partial charge on any atom is 0.216 e. The molecule has 0 radical (unpaired) electrons. The van der Waals surface area contributed by atoms with Crippen molar-refractivity contribution in [3.63, 3.8) is 0 Å². The van der Waals surface area contributed by atoms with Crippen LogP contribution in [0.2, 0.25) is 0 Å². The zero-order valence-corrected chi connectivity index (χ0v) is 13.6. The summed E-state index contributed by atoms with van der Waals surface area (Å²) in [4.78, 5) is 0. The SMILES string of the molecule is CC(C)c1c(-c2ccccc2F)nn2c1OC(C(C)C)CC2. The third-order valence-corrected chi connectivity index (χ3v) is 4.28. The molecule has 1 aliphatic rings. The van der Waals surface area contributed by atoms with E-state index in [1.807, 2.05) is 10.7 Å². The average Bonchev–Trinajstić information content (AvgIpc) is 2.85. The van der Waals surface area contributed by atoms with E-state index in [4.69, 9.17) is 4.74 Å². The average molecular weight is 302 g/mol. The lowest BCUT2D eigenvalue weighted by atomic mass is 9.97. The van der Waals surface area contributed by atoms with Gasteiger partial charge in [-0.3, -0.25) is 0 Å². The van der Waals surface area contributed by atoms with Crippen LogP contribution in [0, 0.1) is 11.7 Å². The van der Waals surface area contributed by atoms with Crippen molar-refractivity contribution in [2.45, 2.75) is 52.7 Å². The monoisotopic (exact) mass is 302 g/mol. The maximum atomic E-state index is 14.2. The summed E-state index contributed by atoms with van der Waals surface area (Å²) in [5.74, 6) is 1.27. The fourth-order valence-electron chi connectivity index (χ4n) is 3.03. The maximum absolute atomic E-state index is 14.2. The number of aryl methyl sites for hydroxylation is 1. The first kappa shape index (κ1) is 15.1. The molecular weight excluding hydrogens is 279 g/mol. The Hall–Kier alpha value is -1.84. The second-order valence-electron chi connectivity index (χ2n) is 6.61. The van der Waals surface area contributed by atoms with Crippen molar-refractivity contribution >= 4 is 0 Å². The second kappa shape index (κ2) is 5.75. The van der Waals surface area contributed by atoms with Crippen molar-refractivity contribution in [3.8, 4) is 17.1 Å². The summed E-state index contributed by atoms with van der Waals surface area (Å²) in [6, 6.07) is 6.82. The minimum absolute atomic E-state index is 0.204. The van der Waals surface area contributed by atoms with Crippen LogP contribution in [0.25, 0.3) is 11.3 Å². The number of benzene rings is 1. The molecule has 0 spiro atoms. The first-order valence-electron chi connectivity index (χ1n) is 8.01. The molecule has 2 heterocycles. The number of rotatable bonds is 3. The summed E-state index contributed by atoms with van der Waals surface area (Å²) in [5, 5.41) is 4.65. The normalized spacial score (nSPS) is 17.7. The van der Waals surface area contributed by atoms with Crippen LogP contribution in [-0.2, 0) is 6.54 Å². The molecule has 0 N–H and O–H groups in total. The molecule has 0 amide bonds. The number of nitrogens with zero attached hydrogens (tertiary/aromatic N) is 2. The van der Waals surface area contributed by atoms with Crippen LogP contribution in [0.15, 0.2) is 24.3 Å². The molecule has 3 nitrogen and oxygen atoms in total. The third-order valence-electron chi connectivity index (χ3n) is 4.28. The number of aromatic nitrogens is 2. The van der Waals surface area contributed by atoms with Gasteiger partial charge in [-0.25, -0.2) is 9.07 Å². The molecule has 4 heteroatoms. The number of halogens is 1. The van der Waals surface area contributed by atoms with Crippen LogP contribution in [0.1, 0.15) is 45.6 Å². The molecule has 22 heavy (non-hydrogen) atoms. The first-order valence-corrected chi connectivity index (χ1v) is 8.01. The van der Waals surface area contributed by atoms with E-state index in [-0.39, 0.29) is 17.8 Å². The molecule has 1 aromatic carbocycles. The van der Waals surface area contributed by atoms with Gasteiger partial charge in [0.1, 0.15) is 17.6 Å². The zero-order valence-electron chi connectivity index (χ0n) is 13.6. The molecule has 118 valence electrons. The summed E-state index contributed by atoms with van der Waals surface area (Å²) in [7, 11) is 0. The molecule has 3 rings (SSSR count). The molecule has 1 unspecified atom stereocenters. The van der Waals surface area contributed by atoms with Gasteiger partial charge in [0.05, 0.1) is 0 Å². The van der Waals surface area contributed by atoms with E-state index in [2.05, 4.69) is 32.8 Å². The van der Waals surface area contributed by atoms with Crippen LogP contribution < -0.4 is 4.74 Å². The zero-order chi connectivity index (χ0) is 15.9. The van der Waals surface area contributed by atoms with Crippen LogP contribution in [0.4, 0.5) is 4.39 Å². The predicted octanol–water partition coefficient (Wildman–Crippen LogP) is 4.62. The summed E-state index contributed by atoms with van der Waals surface area (Å²) < 4.78 is 22.3. The lowest BCUT2D eigenvalue weighted by Crippen LogP contribution is -2.30. The van der Waals surface area contributed by atoms with E-state index in [1.165, 1.54) is 6.07 Å². The van der Waals surface area contributed by atoms with Crippen molar-refractivity contribution in [2.75, 3.05) is 0 Å². The Labute approximate surface area is 131 Å². The van der Waals surface area contributed by atoms with Crippen molar-refractivity contribution in [2.24, 2.45) is 5.92 Å². The molecule has 1 atom stereocenters. The lowest BCUT2D eigenvalue weighted by Gasteiger charge is -2.28. The Balaban J connectivity index is 2.12. The molecule has 0 bridgehead atoms. The summed E-state index contributed by atoms with van der Waals surface area (Å²) in [6.45, 7) is 9.37. The molecule has 0 fully saturated rings. The summed E-state index contributed by atoms with van der Waals surface area (Å²) >= 11 is 0. The Morgan fingerprint density at radius 3 is 2.59 bits per heavy atom. The van der Waals surface area contributed by atoms with Crippen LogP contribution in [0.3, 0.4) is 0 Å². The standard InChI is InChI=1S/C18H23FN2O/c1-11(2)15-9-10-21-18(22-15)16(12(3)4)17(20-21)13-7-5-6-8-14(13)19/h5-8,11-12,15H,9-10H2,1-4H3.